The first-order chi connectivity index (χ1) is 36.5. The number of aliphatic hydroxyl groups excluding tert-OH is 2. The normalized spacial score (nSPS) is 12.5. The van der Waals surface area contributed by atoms with Gasteiger partial charge in [-0.1, -0.05) is 334 Å². The smallest absolute Gasteiger partial charge is 0.305 e. The van der Waals surface area contributed by atoms with Gasteiger partial charge >= 0.3 is 5.97 Å². The molecule has 0 aliphatic carbocycles. The van der Waals surface area contributed by atoms with E-state index in [-0.39, 0.29) is 18.5 Å². The van der Waals surface area contributed by atoms with Crippen LogP contribution >= 0.6 is 0 Å². The van der Waals surface area contributed by atoms with Gasteiger partial charge in [-0.25, -0.2) is 0 Å². The highest BCUT2D eigenvalue weighted by Crippen LogP contribution is 2.19. The van der Waals surface area contributed by atoms with Crippen LogP contribution in [0.5, 0.6) is 0 Å². The number of esters is 1. The van der Waals surface area contributed by atoms with E-state index < -0.39 is 12.1 Å². The zero-order valence-electron chi connectivity index (χ0n) is 50.4. The van der Waals surface area contributed by atoms with Crippen LogP contribution in [-0.2, 0) is 14.3 Å². The molecule has 0 spiro atoms. The highest BCUT2D eigenvalue weighted by molar-refractivity contribution is 5.76. The molecule has 3 N–H and O–H groups in total. The average Bonchev–Trinajstić information content (AvgIpc) is 3.40. The fraction of sp³-hybridized carbons (Fsp3) is 0.941. The second-order valence-corrected chi connectivity index (χ2v) is 23.5. The molecule has 0 aliphatic heterocycles. The second-order valence-electron chi connectivity index (χ2n) is 23.5. The molecule has 2 atom stereocenters. The van der Waals surface area contributed by atoms with Crippen molar-refractivity contribution >= 4 is 11.9 Å². The lowest BCUT2D eigenvalue weighted by Gasteiger charge is -2.22. The predicted octanol–water partition coefficient (Wildman–Crippen LogP) is 21.6. The zero-order valence-corrected chi connectivity index (χ0v) is 50.4. The molecule has 440 valence electrons. The van der Waals surface area contributed by atoms with Gasteiger partial charge in [0, 0.05) is 12.8 Å². The van der Waals surface area contributed by atoms with Crippen molar-refractivity contribution in [2.24, 2.45) is 0 Å². The molecule has 0 heterocycles. The Morgan fingerprint density at radius 1 is 0.365 bits per heavy atom. The third kappa shape index (κ3) is 59.8. The summed E-state index contributed by atoms with van der Waals surface area (Å²) in [7, 11) is 0. The first-order valence-electron chi connectivity index (χ1n) is 33.9. The average molecular weight is 1040 g/mol. The lowest BCUT2D eigenvalue weighted by Crippen LogP contribution is -2.45. The first-order valence-corrected chi connectivity index (χ1v) is 33.9. The summed E-state index contributed by atoms with van der Waals surface area (Å²) < 4.78 is 5.49. The van der Waals surface area contributed by atoms with Crippen molar-refractivity contribution < 1.29 is 24.5 Å². The van der Waals surface area contributed by atoms with Crippen LogP contribution in [0.15, 0.2) is 12.2 Å². The summed E-state index contributed by atoms with van der Waals surface area (Å²) in [6.45, 7) is 4.99. The number of unbranched alkanes of at least 4 members (excludes halogenated alkanes) is 51. The monoisotopic (exact) mass is 1040 g/mol. The van der Waals surface area contributed by atoms with Gasteiger partial charge in [-0.3, -0.25) is 9.59 Å². The van der Waals surface area contributed by atoms with Crippen molar-refractivity contribution in [3.63, 3.8) is 0 Å². The number of rotatable bonds is 64. The maximum Gasteiger partial charge on any atom is 0.305 e. The van der Waals surface area contributed by atoms with E-state index in [0.717, 1.165) is 38.5 Å². The summed E-state index contributed by atoms with van der Waals surface area (Å²) in [5.74, 6) is -0.0192. The molecule has 0 aromatic rings. The molecule has 0 aliphatic rings. The SMILES string of the molecule is CCCCCCCCCCCCCCCCCCCCC(O)C(CO)NC(=O)CCCCCCCCCC/C=C\CCCCCCCCCCCCCCOC(=O)CCCCCCCCCCCCCCCCC. The number of amides is 1. The number of ether oxygens (including phenoxy) is 1. The number of allylic oxidation sites excluding steroid dienone is 2. The Labute approximate surface area is 463 Å². The minimum atomic E-state index is -0.667. The Morgan fingerprint density at radius 2 is 0.635 bits per heavy atom. The van der Waals surface area contributed by atoms with Crippen molar-refractivity contribution in [3.8, 4) is 0 Å². The molecule has 74 heavy (non-hydrogen) atoms. The standard InChI is InChI=1S/C68H133NO5/c1-3-5-7-9-11-13-15-17-19-20-29-33-36-40-44-48-52-56-60-66(71)65(64-70)69-67(72)61-57-53-49-45-41-37-34-30-27-25-23-21-22-24-26-28-31-35-39-43-47-51-55-59-63-74-68(73)62-58-54-50-46-42-38-32-18-16-14-12-10-8-6-4-2/h23,25,65-66,70-71H,3-22,24,26-64H2,1-2H3,(H,69,72)/b25-23-. The quantitative estimate of drug-likeness (QED) is 0.0320. The molecule has 0 rings (SSSR count). The zero-order chi connectivity index (χ0) is 53.6. The van der Waals surface area contributed by atoms with Crippen molar-refractivity contribution in [1.82, 2.24) is 5.32 Å². The molecule has 0 aromatic heterocycles. The summed E-state index contributed by atoms with van der Waals surface area (Å²) in [6, 6.07) is -0.544. The van der Waals surface area contributed by atoms with Crippen molar-refractivity contribution in [2.45, 2.75) is 398 Å². The van der Waals surface area contributed by atoms with Gasteiger partial charge in [-0.2, -0.15) is 0 Å². The third-order valence-electron chi connectivity index (χ3n) is 16.1. The van der Waals surface area contributed by atoms with Gasteiger partial charge in [-0.05, 0) is 51.4 Å². The van der Waals surface area contributed by atoms with Gasteiger partial charge in [0.2, 0.25) is 5.91 Å². The minimum absolute atomic E-state index is 0.0164. The fourth-order valence-corrected chi connectivity index (χ4v) is 10.9. The van der Waals surface area contributed by atoms with Crippen LogP contribution in [0.3, 0.4) is 0 Å². The predicted molar refractivity (Wildman–Crippen MR) is 324 cm³/mol. The van der Waals surface area contributed by atoms with E-state index in [1.165, 1.54) is 315 Å². The van der Waals surface area contributed by atoms with Crippen molar-refractivity contribution in [3.05, 3.63) is 12.2 Å². The summed E-state index contributed by atoms with van der Waals surface area (Å²) in [4.78, 5) is 24.6. The van der Waals surface area contributed by atoms with Crippen LogP contribution in [-0.4, -0.2) is 47.4 Å². The van der Waals surface area contributed by atoms with Crippen molar-refractivity contribution in [2.75, 3.05) is 13.2 Å². The van der Waals surface area contributed by atoms with Crippen LogP contribution in [0.1, 0.15) is 386 Å². The number of carbonyl (C=O) groups excluding carboxylic acids is 2. The molecule has 0 bridgehead atoms. The molecule has 6 heteroatoms. The summed E-state index contributed by atoms with van der Waals surface area (Å²) in [6.07, 6.45) is 78.1. The van der Waals surface area contributed by atoms with Gasteiger partial charge in [0.25, 0.3) is 0 Å². The molecule has 0 fully saturated rings. The van der Waals surface area contributed by atoms with Gasteiger partial charge in [0.1, 0.15) is 0 Å². The van der Waals surface area contributed by atoms with Gasteiger partial charge < -0.3 is 20.3 Å². The summed E-state index contributed by atoms with van der Waals surface area (Å²) in [5.41, 5.74) is 0. The van der Waals surface area contributed by atoms with Crippen LogP contribution in [0.4, 0.5) is 0 Å². The number of nitrogens with one attached hydrogen (secondary N) is 1. The van der Waals surface area contributed by atoms with Crippen LogP contribution in [0, 0.1) is 0 Å². The second kappa shape index (κ2) is 64.1. The lowest BCUT2D eigenvalue weighted by atomic mass is 10.0. The molecule has 1 amide bonds. The Kier molecular flexibility index (Phi) is 62.9. The van der Waals surface area contributed by atoms with Gasteiger partial charge in [0.05, 0.1) is 25.4 Å². The number of carbonyl (C=O) groups is 2. The molecule has 0 radical (unpaired) electrons. The molecular weight excluding hydrogens is 911 g/mol. The van der Waals surface area contributed by atoms with E-state index in [2.05, 4.69) is 31.3 Å². The first kappa shape index (κ1) is 72.6. The van der Waals surface area contributed by atoms with Crippen molar-refractivity contribution in [1.29, 1.82) is 0 Å². The lowest BCUT2D eigenvalue weighted by molar-refractivity contribution is -0.143. The molecule has 0 saturated carbocycles. The Morgan fingerprint density at radius 3 is 0.959 bits per heavy atom. The number of hydrogen-bond acceptors (Lipinski definition) is 5. The van der Waals surface area contributed by atoms with Crippen LogP contribution in [0.25, 0.3) is 0 Å². The molecule has 6 nitrogen and oxygen atoms in total. The van der Waals surface area contributed by atoms with E-state index in [9.17, 15) is 19.8 Å². The Bertz CT molecular complexity index is 1110. The van der Waals surface area contributed by atoms with Gasteiger partial charge in [-0.15, -0.1) is 0 Å². The Hall–Kier alpha value is -1.40. The summed E-state index contributed by atoms with van der Waals surface area (Å²) >= 11 is 0. The number of aliphatic hydroxyl groups is 2. The van der Waals surface area contributed by atoms with E-state index in [0.29, 0.717) is 25.9 Å². The maximum absolute atomic E-state index is 12.5. The van der Waals surface area contributed by atoms with E-state index in [4.69, 9.17) is 4.74 Å². The third-order valence-corrected chi connectivity index (χ3v) is 16.1. The molecular formula is C68H133NO5. The Balaban J connectivity index is 3.39. The topological polar surface area (TPSA) is 95.9 Å². The van der Waals surface area contributed by atoms with Gasteiger partial charge in [0.15, 0.2) is 0 Å². The summed E-state index contributed by atoms with van der Waals surface area (Å²) in [5, 5.41) is 23.4. The molecule has 2 unspecified atom stereocenters. The fourth-order valence-electron chi connectivity index (χ4n) is 10.9. The molecule has 0 aromatic carbocycles. The maximum atomic E-state index is 12.5. The minimum Gasteiger partial charge on any atom is -0.466 e. The van der Waals surface area contributed by atoms with Crippen LogP contribution in [0.2, 0.25) is 0 Å². The number of hydrogen-bond donors (Lipinski definition) is 3. The van der Waals surface area contributed by atoms with E-state index in [1.807, 2.05) is 0 Å². The largest absolute Gasteiger partial charge is 0.466 e. The molecule has 0 saturated heterocycles. The van der Waals surface area contributed by atoms with E-state index >= 15 is 0 Å². The highest BCUT2D eigenvalue weighted by Gasteiger charge is 2.20. The highest BCUT2D eigenvalue weighted by atomic mass is 16.5. The van der Waals surface area contributed by atoms with Crippen LogP contribution < -0.4 is 5.32 Å². The van der Waals surface area contributed by atoms with E-state index in [1.54, 1.807) is 0 Å².